The zero-order valence-corrected chi connectivity index (χ0v) is 10.6. The van der Waals surface area contributed by atoms with Gasteiger partial charge in [-0.15, -0.1) is 0 Å². The summed E-state index contributed by atoms with van der Waals surface area (Å²) in [5.41, 5.74) is 0. The summed E-state index contributed by atoms with van der Waals surface area (Å²) in [6.07, 6.45) is 3.37. The number of rotatable bonds is 2. The molecule has 3 atom stereocenters. The van der Waals surface area contributed by atoms with Gasteiger partial charge >= 0.3 is 0 Å². The lowest BCUT2D eigenvalue weighted by molar-refractivity contribution is -0.143. The Morgan fingerprint density at radius 3 is 2.94 bits per heavy atom. The van der Waals surface area contributed by atoms with Crippen molar-refractivity contribution < 1.29 is 14.6 Å². The first kappa shape index (κ1) is 12.8. The molecule has 0 aliphatic carbocycles. The summed E-state index contributed by atoms with van der Waals surface area (Å²) in [6, 6.07) is 0. The third-order valence-electron chi connectivity index (χ3n) is 4.04. The van der Waals surface area contributed by atoms with Crippen molar-refractivity contribution in [3.05, 3.63) is 0 Å². The lowest BCUT2D eigenvalue weighted by Gasteiger charge is -2.38. The van der Waals surface area contributed by atoms with Gasteiger partial charge in [-0.2, -0.15) is 0 Å². The Bertz CT molecular complexity index is 263. The minimum absolute atomic E-state index is 0.0523. The quantitative estimate of drug-likeness (QED) is 0.785. The first-order valence-electron chi connectivity index (χ1n) is 6.77. The number of piperidine rings is 1. The fraction of sp³-hybridized carbons (Fsp3) is 0.923. The highest BCUT2D eigenvalue weighted by Gasteiger charge is 2.32. The molecule has 2 saturated heterocycles. The molecule has 2 rings (SSSR count). The van der Waals surface area contributed by atoms with Gasteiger partial charge < -0.3 is 14.7 Å². The molecule has 0 radical (unpaired) electrons. The molecule has 1 N–H and O–H groups in total. The van der Waals surface area contributed by atoms with E-state index in [1.165, 1.54) is 0 Å². The highest BCUT2D eigenvalue weighted by atomic mass is 16.5. The number of amides is 1. The van der Waals surface area contributed by atoms with Crippen molar-refractivity contribution in [3.63, 3.8) is 0 Å². The molecular weight excluding hydrogens is 218 g/mol. The van der Waals surface area contributed by atoms with Gasteiger partial charge in [-0.3, -0.25) is 4.79 Å². The van der Waals surface area contributed by atoms with Gasteiger partial charge in [0.1, 0.15) is 0 Å². The van der Waals surface area contributed by atoms with Gasteiger partial charge in [-0.25, -0.2) is 0 Å². The molecule has 2 fully saturated rings. The average Bonchev–Trinajstić information content (AvgIpc) is 2.39. The van der Waals surface area contributed by atoms with E-state index in [0.717, 1.165) is 32.3 Å². The Morgan fingerprint density at radius 1 is 1.47 bits per heavy atom. The second-order valence-corrected chi connectivity index (χ2v) is 5.22. The number of nitrogens with zero attached hydrogens (tertiary/aromatic N) is 1. The Hall–Kier alpha value is -0.610. The van der Waals surface area contributed by atoms with E-state index in [0.29, 0.717) is 19.7 Å². The number of likely N-dealkylation sites (tertiary alicyclic amines) is 1. The van der Waals surface area contributed by atoms with Crippen LogP contribution in [0.2, 0.25) is 0 Å². The topological polar surface area (TPSA) is 49.8 Å². The highest BCUT2D eigenvalue weighted by molar-refractivity contribution is 5.79. The minimum atomic E-state index is -0.230. The smallest absolute Gasteiger partial charge is 0.228 e. The molecule has 2 heterocycles. The number of carbonyl (C=O) groups excluding carboxylic acids is 1. The van der Waals surface area contributed by atoms with E-state index in [4.69, 9.17) is 4.74 Å². The van der Waals surface area contributed by atoms with Crippen molar-refractivity contribution in [2.45, 2.75) is 38.7 Å². The summed E-state index contributed by atoms with van der Waals surface area (Å²) in [7, 11) is 0. The molecule has 17 heavy (non-hydrogen) atoms. The molecule has 0 saturated carbocycles. The molecule has 3 unspecified atom stereocenters. The van der Waals surface area contributed by atoms with Gasteiger partial charge in [0, 0.05) is 25.6 Å². The zero-order chi connectivity index (χ0) is 12.3. The largest absolute Gasteiger partial charge is 0.393 e. The minimum Gasteiger partial charge on any atom is -0.393 e. The first-order valence-corrected chi connectivity index (χ1v) is 6.77. The molecule has 4 nitrogen and oxygen atoms in total. The summed E-state index contributed by atoms with van der Waals surface area (Å²) in [5.74, 6) is 0.531. The monoisotopic (exact) mass is 241 g/mol. The summed E-state index contributed by atoms with van der Waals surface area (Å²) in [6.45, 7) is 4.86. The van der Waals surface area contributed by atoms with Gasteiger partial charge in [-0.1, -0.05) is 6.92 Å². The molecule has 2 aliphatic heterocycles. The van der Waals surface area contributed by atoms with Crippen LogP contribution in [0.4, 0.5) is 0 Å². The molecule has 2 aliphatic rings. The predicted molar refractivity (Wildman–Crippen MR) is 64.5 cm³/mol. The van der Waals surface area contributed by atoms with E-state index in [9.17, 15) is 9.90 Å². The van der Waals surface area contributed by atoms with Crippen LogP contribution in [0.25, 0.3) is 0 Å². The fourth-order valence-corrected chi connectivity index (χ4v) is 2.81. The number of carbonyl (C=O) groups is 1. The number of hydrogen-bond acceptors (Lipinski definition) is 3. The number of aliphatic hydroxyl groups excluding tert-OH is 1. The van der Waals surface area contributed by atoms with Crippen LogP contribution in [-0.2, 0) is 9.53 Å². The number of aliphatic hydroxyl groups is 1. The Balaban J connectivity index is 1.90. The fourth-order valence-electron chi connectivity index (χ4n) is 2.81. The highest BCUT2D eigenvalue weighted by Crippen LogP contribution is 2.23. The van der Waals surface area contributed by atoms with Gasteiger partial charge in [0.2, 0.25) is 5.91 Å². The third-order valence-corrected chi connectivity index (χ3v) is 4.04. The lowest BCUT2D eigenvalue weighted by Crippen LogP contribution is -2.48. The van der Waals surface area contributed by atoms with Crippen molar-refractivity contribution in [1.29, 1.82) is 0 Å². The van der Waals surface area contributed by atoms with Crippen LogP contribution in [0.15, 0.2) is 0 Å². The normalized spacial score (nSPS) is 34.7. The molecule has 98 valence electrons. The van der Waals surface area contributed by atoms with Crippen molar-refractivity contribution in [1.82, 2.24) is 4.90 Å². The van der Waals surface area contributed by atoms with E-state index in [2.05, 4.69) is 6.92 Å². The number of hydrogen-bond donors (Lipinski definition) is 1. The van der Waals surface area contributed by atoms with Crippen LogP contribution >= 0.6 is 0 Å². The van der Waals surface area contributed by atoms with Crippen LogP contribution in [0.3, 0.4) is 0 Å². The summed E-state index contributed by atoms with van der Waals surface area (Å²) in [4.78, 5) is 14.2. The van der Waals surface area contributed by atoms with Gasteiger partial charge in [0.25, 0.3) is 0 Å². The second-order valence-electron chi connectivity index (χ2n) is 5.22. The predicted octanol–water partition coefficient (Wildman–Crippen LogP) is 1.03. The molecule has 0 spiro atoms. The maximum Gasteiger partial charge on any atom is 0.228 e. The number of ether oxygens (including phenoxy) is 1. The van der Waals surface area contributed by atoms with Crippen molar-refractivity contribution in [3.8, 4) is 0 Å². The third kappa shape index (κ3) is 2.99. The van der Waals surface area contributed by atoms with Gasteiger partial charge in [-0.05, 0) is 25.7 Å². The van der Waals surface area contributed by atoms with Crippen LogP contribution < -0.4 is 0 Å². The van der Waals surface area contributed by atoms with E-state index in [1.807, 2.05) is 4.90 Å². The van der Waals surface area contributed by atoms with Gasteiger partial charge in [0.05, 0.1) is 18.6 Å². The van der Waals surface area contributed by atoms with Gasteiger partial charge in [0.15, 0.2) is 0 Å². The summed E-state index contributed by atoms with van der Waals surface area (Å²) in [5, 5.41) is 9.82. The lowest BCUT2D eigenvalue weighted by atomic mass is 9.91. The SMILES string of the molecule is CCC1CN(C(=O)C2CCCOC2)CCC1O. The Morgan fingerprint density at radius 2 is 2.29 bits per heavy atom. The molecule has 0 bridgehead atoms. The molecule has 4 heteroatoms. The Labute approximate surface area is 103 Å². The van der Waals surface area contributed by atoms with Crippen LogP contribution in [0.5, 0.6) is 0 Å². The molecular formula is C13H23NO3. The van der Waals surface area contributed by atoms with E-state index < -0.39 is 0 Å². The molecule has 0 aromatic heterocycles. The average molecular weight is 241 g/mol. The standard InChI is InChI=1S/C13H23NO3/c1-2-10-8-14(6-5-12(10)15)13(16)11-4-3-7-17-9-11/h10-12,15H,2-9H2,1H3. The van der Waals surface area contributed by atoms with Crippen molar-refractivity contribution >= 4 is 5.91 Å². The Kier molecular flexibility index (Phi) is 4.40. The van der Waals surface area contributed by atoms with Crippen LogP contribution in [0.1, 0.15) is 32.6 Å². The van der Waals surface area contributed by atoms with E-state index in [1.54, 1.807) is 0 Å². The maximum atomic E-state index is 12.3. The maximum absolute atomic E-state index is 12.3. The van der Waals surface area contributed by atoms with Crippen LogP contribution in [-0.4, -0.2) is 48.3 Å². The summed E-state index contributed by atoms with van der Waals surface area (Å²) >= 11 is 0. The van der Waals surface area contributed by atoms with Crippen molar-refractivity contribution in [2.24, 2.45) is 11.8 Å². The van der Waals surface area contributed by atoms with Crippen molar-refractivity contribution in [2.75, 3.05) is 26.3 Å². The zero-order valence-electron chi connectivity index (χ0n) is 10.6. The molecule has 1 amide bonds. The summed E-state index contributed by atoms with van der Waals surface area (Å²) < 4.78 is 5.37. The second kappa shape index (κ2) is 5.83. The molecule has 0 aromatic rings. The van der Waals surface area contributed by atoms with Crippen LogP contribution in [0, 0.1) is 11.8 Å². The first-order chi connectivity index (χ1) is 8.22. The molecule has 0 aromatic carbocycles. The van der Waals surface area contributed by atoms with E-state index in [-0.39, 0.29) is 23.8 Å². The van der Waals surface area contributed by atoms with E-state index >= 15 is 0 Å².